The molecular weight excluding hydrogens is 525 g/mol. The lowest BCUT2D eigenvalue weighted by atomic mass is 10.2. The second kappa shape index (κ2) is 11.0. The number of hydrogen-bond acceptors (Lipinski definition) is 3. The van der Waals surface area contributed by atoms with Crippen LogP contribution in [0.25, 0.3) is 0 Å². The van der Waals surface area contributed by atoms with Gasteiger partial charge in [-0.1, -0.05) is 29.8 Å². The van der Waals surface area contributed by atoms with Crippen LogP contribution in [0.5, 0.6) is 0 Å². The highest BCUT2D eigenvalue weighted by atomic mass is 127. The summed E-state index contributed by atoms with van der Waals surface area (Å²) in [6.45, 7) is 3.41. The van der Waals surface area contributed by atoms with Crippen molar-refractivity contribution < 1.29 is 4.79 Å². The minimum Gasteiger partial charge on any atom is -0.369 e. The molecule has 4 rings (SSSR count). The maximum atomic E-state index is 11.9. The quantitative estimate of drug-likeness (QED) is 0.334. The highest BCUT2D eigenvalue weighted by molar-refractivity contribution is 14.0. The first kappa shape index (κ1) is 23.7. The Bertz CT molecular complexity index is 920. The number of nitrogens with zero attached hydrogens (tertiary/aromatic N) is 3. The lowest BCUT2D eigenvalue weighted by Gasteiger charge is -2.21. The molecule has 8 heteroatoms. The monoisotopic (exact) mass is 553 g/mol. The van der Waals surface area contributed by atoms with E-state index in [9.17, 15) is 4.79 Å². The topological polar surface area (TPSA) is 60.0 Å². The molecule has 0 aliphatic carbocycles. The average Bonchev–Trinajstić information content (AvgIpc) is 3.40. The molecular formula is C23H29ClIN5O. The van der Waals surface area contributed by atoms with Gasteiger partial charge in [-0.2, -0.15) is 0 Å². The minimum atomic E-state index is 0. The Balaban J connectivity index is 0.00000272. The fourth-order valence-electron chi connectivity index (χ4n) is 4.07. The summed E-state index contributed by atoms with van der Waals surface area (Å²) in [6.07, 6.45) is 2.65. The number of halogens is 2. The number of benzene rings is 2. The number of amides is 1. The molecule has 0 radical (unpaired) electrons. The molecule has 0 spiro atoms. The Morgan fingerprint density at radius 3 is 2.65 bits per heavy atom. The van der Waals surface area contributed by atoms with Gasteiger partial charge in [0.2, 0.25) is 5.91 Å². The summed E-state index contributed by atoms with van der Waals surface area (Å²) >= 11 is 6.13. The fourth-order valence-corrected chi connectivity index (χ4v) is 4.26. The molecule has 2 aliphatic rings. The van der Waals surface area contributed by atoms with Crippen LogP contribution in [0, 0.1) is 0 Å². The van der Waals surface area contributed by atoms with E-state index in [-0.39, 0.29) is 29.9 Å². The molecule has 2 aromatic rings. The highest BCUT2D eigenvalue weighted by Crippen LogP contribution is 2.24. The predicted octanol–water partition coefficient (Wildman–Crippen LogP) is 4.03. The first-order chi connectivity index (χ1) is 14.6. The number of anilines is 2. The molecule has 6 nitrogen and oxygen atoms in total. The van der Waals surface area contributed by atoms with Gasteiger partial charge in [-0.15, -0.1) is 24.0 Å². The molecule has 2 aliphatic heterocycles. The fraction of sp³-hybridized carbons (Fsp3) is 0.391. The first-order valence-electron chi connectivity index (χ1n) is 10.5. The smallest absolute Gasteiger partial charge is 0.227 e. The molecule has 0 aromatic heterocycles. The zero-order chi connectivity index (χ0) is 20.9. The van der Waals surface area contributed by atoms with Crippen molar-refractivity contribution in [3.05, 3.63) is 59.1 Å². The van der Waals surface area contributed by atoms with Crippen molar-refractivity contribution in [2.24, 2.45) is 4.99 Å². The van der Waals surface area contributed by atoms with E-state index in [2.05, 4.69) is 38.7 Å². The molecule has 2 heterocycles. The van der Waals surface area contributed by atoms with Gasteiger partial charge in [-0.3, -0.25) is 9.79 Å². The van der Waals surface area contributed by atoms with E-state index in [0.717, 1.165) is 60.4 Å². The second-order valence-electron chi connectivity index (χ2n) is 7.80. The van der Waals surface area contributed by atoms with E-state index in [4.69, 9.17) is 11.6 Å². The van der Waals surface area contributed by atoms with Gasteiger partial charge in [0.25, 0.3) is 0 Å². The van der Waals surface area contributed by atoms with Crippen LogP contribution >= 0.6 is 35.6 Å². The lowest BCUT2D eigenvalue weighted by Crippen LogP contribution is -2.44. The van der Waals surface area contributed by atoms with Gasteiger partial charge in [-0.05, 0) is 48.7 Å². The van der Waals surface area contributed by atoms with E-state index in [1.807, 2.05) is 35.2 Å². The van der Waals surface area contributed by atoms with Gasteiger partial charge in [0.1, 0.15) is 0 Å². The Morgan fingerprint density at radius 2 is 1.97 bits per heavy atom. The lowest BCUT2D eigenvalue weighted by molar-refractivity contribution is -0.117. The molecule has 1 amide bonds. The van der Waals surface area contributed by atoms with E-state index in [0.29, 0.717) is 19.0 Å². The largest absolute Gasteiger partial charge is 0.369 e. The molecule has 0 saturated carbocycles. The van der Waals surface area contributed by atoms with E-state index in [1.165, 1.54) is 0 Å². The van der Waals surface area contributed by atoms with Gasteiger partial charge in [-0.25, -0.2) is 0 Å². The normalized spacial score (nSPS) is 18.8. The van der Waals surface area contributed by atoms with Gasteiger partial charge in [0, 0.05) is 62.1 Å². The molecule has 1 atom stereocenters. The minimum absolute atomic E-state index is 0. The zero-order valence-electron chi connectivity index (χ0n) is 17.7. The number of aliphatic imine (C=N–C) groups is 1. The number of rotatable bonds is 5. The van der Waals surface area contributed by atoms with Crippen LogP contribution < -0.4 is 20.4 Å². The molecule has 0 bridgehead atoms. The van der Waals surface area contributed by atoms with Crippen LogP contribution in [0.2, 0.25) is 5.02 Å². The van der Waals surface area contributed by atoms with Gasteiger partial charge in [0.05, 0.1) is 0 Å². The number of nitrogens with one attached hydrogen (secondary N) is 2. The van der Waals surface area contributed by atoms with Crippen molar-refractivity contribution in [3.63, 3.8) is 0 Å². The van der Waals surface area contributed by atoms with Crippen LogP contribution in [-0.2, 0) is 11.3 Å². The van der Waals surface area contributed by atoms with Gasteiger partial charge in [0.15, 0.2) is 5.96 Å². The standard InChI is InChI=1S/C23H28ClN5O.HI/c1-25-23(27-19-11-13-28(16-19)21-5-2-4-18(24)14-21)26-15-17-7-9-20(10-8-17)29-12-3-6-22(29)30;/h2,4-5,7-10,14,19H,3,6,11-13,15-16H2,1H3,(H2,25,26,27);1H. The van der Waals surface area contributed by atoms with E-state index >= 15 is 0 Å². The van der Waals surface area contributed by atoms with Crippen LogP contribution in [0.4, 0.5) is 11.4 Å². The van der Waals surface area contributed by atoms with Gasteiger partial charge >= 0.3 is 0 Å². The number of hydrogen-bond donors (Lipinski definition) is 2. The molecule has 166 valence electrons. The van der Waals surface area contributed by atoms with Crippen molar-refractivity contribution in [3.8, 4) is 0 Å². The Morgan fingerprint density at radius 1 is 1.16 bits per heavy atom. The van der Waals surface area contributed by atoms with Crippen molar-refractivity contribution in [1.29, 1.82) is 0 Å². The number of carbonyl (C=O) groups is 1. The Kier molecular flexibility index (Phi) is 8.43. The average molecular weight is 554 g/mol. The molecule has 2 aromatic carbocycles. The van der Waals surface area contributed by atoms with Crippen molar-refractivity contribution in [2.75, 3.05) is 36.5 Å². The van der Waals surface area contributed by atoms with E-state index in [1.54, 1.807) is 7.05 Å². The highest BCUT2D eigenvalue weighted by Gasteiger charge is 2.24. The summed E-state index contributed by atoms with van der Waals surface area (Å²) in [4.78, 5) is 20.5. The third kappa shape index (κ3) is 6.04. The molecule has 2 fully saturated rings. The summed E-state index contributed by atoms with van der Waals surface area (Å²) in [6, 6.07) is 16.5. The van der Waals surface area contributed by atoms with Crippen LogP contribution in [-0.4, -0.2) is 44.6 Å². The maximum absolute atomic E-state index is 11.9. The Hall–Kier alpha value is -2.00. The SMILES string of the molecule is CN=C(NCc1ccc(N2CCCC2=O)cc1)NC1CCN(c2cccc(Cl)c2)C1.I. The molecule has 1 unspecified atom stereocenters. The zero-order valence-corrected chi connectivity index (χ0v) is 20.8. The predicted molar refractivity (Wildman–Crippen MR) is 139 cm³/mol. The molecule has 2 saturated heterocycles. The summed E-state index contributed by atoms with van der Waals surface area (Å²) in [5, 5.41) is 7.68. The number of guanidine groups is 1. The van der Waals surface area contributed by atoms with E-state index < -0.39 is 0 Å². The summed E-state index contributed by atoms with van der Waals surface area (Å²) < 4.78 is 0. The first-order valence-corrected chi connectivity index (χ1v) is 10.9. The maximum Gasteiger partial charge on any atom is 0.227 e. The van der Waals surface area contributed by atoms with Crippen LogP contribution in [0.15, 0.2) is 53.5 Å². The molecule has 2 N–H and O–H groups in total. The van der Waals surface area contributed by atoms with Crippen LogP contribution in [0.1, 0.15) is 24.8 Å². The molecule has 31 heavy (non-hydrogen) atoms. The summed E-state index contributed by atoms with van der Waals surface area (Å²) in [5.41, 5.74) is 3.29. The Labute approximate surface area is 206 Å². The second-order valence-corrected chi connectivity index (χ2v) is 8.23. The van der Waals surface area contributed by atoms with Crippen LogP contribution in [0.3, 0.4) is 0 Å². The van der Waals surface area contributed by atoms with Crippen molar-refractivity contribution in [2.45, 2.75) is 31.8 Å². The summed E-state index contributed by atoms with van der Waals surface area (Å²) in [7, 11) is 1.79. The summed E-state index contributed by atoms with van der Waals surface area (Å²) in [5.74, 6) is 1.01. The third-order valence-corrected chi connectivity index (χ3v) is 5.94. The van der Waals surface area contributed by atoms with Crippen molar-refractivity contribution >= 4 is 58.8 Å². The third-order valence-electron chi connectivity index (χ3n) is 5.71. The number of carbonyl (C=O) groups excluding carboxylic acids is 1. The van der Waals surface area contributed by atoms with Gasteiger partial charge < -0.3 is 20.4 Å². The van der Waals surface area contributed by atoms with Crippen molar-refractivity contribution in [1.82, 2.24) is 10.6 Å².